The Hall–Kier alpha value is -0.530. The SMILES string of the molecule is CC(C)C[C@H](C)NCc1cccc(Cl)c1. The van der Waals surface area contributed by atoms with Crippen molar-refractivity contribution in [2.45, 2.75) is 39.8 Å². The summed E-state index contributed by atoms with van der Waals surface area (Å²) in [5, 5.41) is 4.31. The molecule has 1 nitrogen and oxygen atoms in total. The van der Waals surface area contributed by atoms with Gasteiger partial charge in [-0.3, -0.25) is 0 Å². The fourth-order valence-corrected chi connectivity index (χ4v) is 1.94. The zero-order valence-electron chi connectivity index (χ0n) is 9.76. The normalized spacial score (nSPS) is 13.1. The van der Waals surface area contributed by atoms with Crippen molar-refractivity contribution in [3.05, 3.63) is 34.9 Å². The molecule has 0 saturated carbocycles. The lowest BCUT2D eigenvalue weighted by molar-refractivity contribution is 0.441. The van der Waals surface area contributed by atoms with Crippen molar-refractivity contribution in [2.75, 3.05) is 0 Å². The van der Waals surface area contributed by atoms with E-state index in [1.54, 1.807) is 0 Å². The third kappa shape index (κ3) is 5.19. The van der Waals surface area contributed by atoms with Crippen molar-refractivity contribution in [1.82, 2.24) is 5.32 Å². The Labute approximate surface area is 97.8 Å². The van der Waals surface area contributed by atoms with E-state index < -0.39 is 0 Å². The fourth-order valence-electron chi connectivity index (χ4n) is 1.73. The summed E-state index contributed by atoms with van der Waals surface area (Å²) in [4.78, 5) is 0. The van der Waals surface area contributed by atoms with E-state index in [1.165, 1.54) is 12.0 Å². The molecular formula is C13H20ClN. The van der Waals surface area contributed by atoms with Gasteiger partial charge in [-0.05, 0) is 37.0 Å². The highest BCUT2D eigenvalue weighted by atomic mass is 35.5. The summed E-state index contributed by atoms with van der Waals surface area (Å²) in [6, 6.07) is 8.57. The van der Waals surface area contributed by atoms with Crippen LogP contribution in [0.2, 0.25) is 5.02 Å². The molecule has 0 radical (unpaired) electrons. The molecule has 1 rings (SSSR count). The van der Waals surface area contributed by atoms with Gasteiger partial charge in [0.2, 0.25) is 0 Å². The van der Waals surface area contributed by atoms with Crippen LogP contribution in [-0.4, -0.2) is 6.04 Å². The molecule has 0 heterocycles. The fraction of sp³-hybridized carbons (Fsp3) is 0.538. The summed E-state index contributed by atoms with van der Waals surface area (Å²) in [5.74, 6) is 0.742. The molecule has 1 N–H and O–H groups in total. The first-order valence-corrected chi connectivity index (χ1v) is 5.93. The van der Waals surface area contributed by atoms with E-state index in [0.29, 0.717) is 6.04 Å². The molecule has 1 atom stereocenters. The summed E-state index contributed by atoms with van der Waals surface area (Å²) in [5.41, 5.74) is 1.25. The average Bonchev–Trinajstić information content (AvgIpc) is 2.14. The lowest BCUT2D eigenvalue weighted by Crippen LogP contribution is -2.26. The van der Waals surface area contributed by atoms with E-state index in [2.05, 4.69) is 32.2 Å². The highest BCUT2D eigenvalue weighted by Crippen LogP contribution is 2.11. The van der Waals surface area contributed by atoms with Gasteiger partial charge in [0.05, 0.1) is 0 Å². The minimum atomic E-state index is 0.559. The maximum atomic E-state index is 5.92. The highest BCUT2D eigenvalue weighted by molar-refractivity contribution is 6.30. The second-order valence-electron chi connectivity index (χ2n) is 4.54. The molecule has 0 bridgehead atoms. The monoisotopic (exact) mass is 225 g/mol. The lowest BCUT2D eigenvalue weighted by atomic mass is 10.1. The molecule has 0 aliphatic heterocycles. The van der Waals surface area contributed by atoms with E-state index >= 15 is 0 Å². The molecule has 0 fully saturated rings. The summed E-state index contributed by atoms with van der Waals surface area (Å²) in [6.45, 7) is 7.62. The van der Waals surface area contributed by atoms with Crippen molar-refractivity contribution in [3.63, 3.8) is 0 Å². The van der Waals surface area contributed by atoms with Crippen LogP contribution in [0.1, 0.15) is 32.8 Å². The van der Waals surface area contributed by atoms with Crippen LogP contribution in [0.5, 0.6) is 0 Å². The Morgan fingerprint density at radius 2 is 2.00 bits per heavy atom. The summed E-state index contributed by atoms with van der Waals surface area (Å²) < 4.78 is 0. The van der Waals surface area contributed by atoms with Gasteiger partial charge in [0, 0.05) is 17.6 Å². The van der Waals surface area contributed by atoms with Gasteiger partial charge < -0.3 is 5.32 Å². The van der Waals surface area contributed by atoms with Crippen molar-refractivity contribution in [1.29, 1.82) is 0 Å². The highest BCUT2D eigenvalue weighted by Gasteiger charge is 2.04. The standard InChI is InChI=1S/C13H20ClN/c1-10(2)7-11(3)15-9-12-5-4-6-13(14)8-12/h4-6,8,10-11,15H,7,9H2,1-3H3/t11-/m0/s1. The summed E-state index contributed by atoms with van der Waals surface area (Å²) >= 11 is 5.92. The topological polar surface area (TPSA) is 12.0 Å². The van der Waals surface area contributed by atoms with E-state index in [9.17, 15) is 0 Å². The molecule has 0 amide bonds. The van der Waals surface area contributed by atoms with Crippen LogP contribution in [0.15, 0.2) is 24.3 Å². The largest absolute Gasteiger partial charge is 0.310 e. The number of rotatable bonds is 5. The van der Waals surface area contributed by atoms with E-state index in [1.807, 2.05) is 18.2 Å². The maximum absolute atomic E-state index is 5.92. The number of hydrogen-bond donors (Lipinski definition) is 1. The Kier molecular flexibility index (Phi) is 5.13. The summed E-state index contributed by atoms with van der Waals surface area (Å²) in [7, 11) is 0. The zero-order chi connectivity index (χ0) is 11.3. The van der Waals surface area contributed by atoms with Crippen molar-refractivity contribution in [2.24, 2.45) is 5.92 Å². The molecule has 84 valence electrons. The van der Waals surface area contributed by atoms with Crippen LogP contribution in [0.3, 0.4) is 0 Å². The first kappa shape index (κ1) is 12.5. The van der Waals surface area contributed by atoms with Crippen LogP contribution in [0.4, 0.5) is 0 Å². The van der Waals surface area contributed by atoms with Gasteiger partial charge in [0.15, 0.2) is 0 Å². The Morgan fingerprint density at radius 1 is 1.27 bits per heavy atom. The van der Waals surface area contributed by atoms with Gasteiger partial charge in [-0.25, -0.2) is 0 Å². The van der Waals surface area contributed by atoms with Crippen LogP contribution in [0.25, 0.3) is 0 Å². The van der Waals surface area contributed by atoms with E-state index in [-0.39, 0.29) is 0 Å². The molecule has 15 heavy (non-hydrogen) atoms. The third-order valence-corrected chi connectivity index (χ3v) is 2.60. The van der Waals surface area contributed by atoms with Crippen molar-refractivity contribution >= 4 is 11.6 Å². The van der Waals surface area contributed by atoms with E-state index in [0.717, 1.165) is 17.5 Å². The molecule has 0 aliphatic carbocycles. The molecule has 1 aromatic carbocycles. The van der Waals surface area contributed by atoms with Gasteiger partial charge >= 0.3 is 0 Å². The first-order valence-electron chi connectivity index (χ1n) is 5.55. The predicted molar refractivity (Wildman–Crippen MR) is 67.2 cm³/mol. The lowest BCUT2D eigenvalue weighted by Gasteiger charge is -2.15. The van der Waals surface area contributed by atoms with Crippen LogP contribution >= 0.6 is 11.6 Å². The van der Waals surface area contributed by atoms with Gasteiger partial charge in [0.25, 0.3) is 0 Å². The third-order valence-electron chi connectivity index (χ3n) is 2.37. The van der Waals surface area contributed by atoms with E-state index in [4.69, 9.17) is 11.6 Å². The quantitative estimate of drug-likeness (QED) is 0.803. The van der Waals surface area contributed by atoms with Crippen molar-refractivity contribution in [3.8, 4) is 0 Å². The smallest absolute Gasteiger partial charge is 0.0409 e. The summed E-state index contributed by atoms with van der Waals surface area (Å²) in [6.07, 6.45) is 1.21. The molecule has 1 aromatic rings. The Balaban J connectivity index is 2.36. The Bertz CT molecular complexity index is 296. The molecule has 0 aliphatic rings. The van der Waals surface area contributed by atoms with Gasteiger partial charge in [0.1, 0.15) is 0 Å². The number of halogens is 1. The van der Waals surface area contributed by atoms with Crippen LogP contribution in [0, 0.1) is 5.92 Å². The molecule has 0 aromatic heterocycles. The number of hydrogen-bond acceptors (Lipinski definition) is 1. The van der Waals surface area contributed by atoms with Crippen LogP contribution < -0.4 is 5.32 Å². The van der Waals surface area contributed by atoms with Crippen molar-refractivity contribution < 1.29 is 0 Å². The molecular weight excluding hydrogens is 206 g/mol. The van der Waals surface area contributed by atoms with Gasteiger partial charge in [-0.15, -0.1) is 0 Å². The molecule has 0 unspecified atom stereocenters. The predicted octanol–water partition coefficient (Wildman–Crippen LogP) is 3.86. The molecule has 2 heteroatoms. The first-order chi connectivity index (χ1) is 7.08. The van der Waals surface area contributed by atoms with Gasteiger partial charge in [-0.1, -0.05) is 37.6 Å². The zero-order valence-corrected chi connectivity index (χ0v) is 10.5. The van der Waals surface area contributed by atoms with Gasteiger partial charge in [-0.2, -0.15) is 0 Å². The molecule has 0 spiro atoms. The minimum Gasteiger partial charge on any atom is -0.310 e. The second-order valence-corrected chi connectivity index (χ2v) is 4.98. The second kappa shape index (κ2) is 6.14. The average molecular weight is 226 g/mol. The Morgan fingerprint density at radius 3 is 2.60 bits per heavy atom. The minimum absolute atomic E-state index is 0.559. The number of nitrogens with one attached hydrogen (secondary N) is 1. The molecule has 0 saturated heterocycles. The number of benzene rings is 1. The van der Waals surface area contributed by atoms with Crippen LogP contribution in [-0.2, 0) is 6.54 Å². The maximum Gasteiger partial charge on any atom is 0.0409 e.